The molecule has 0 fully saturated rings. The van der Waals surface area contributed by atoms with E-state index in [9.17, 15) is 14.9 Å². The Morgan fingerprint density at radius 1 is 1.53 bits per heavy atom. The van der Waals surface area contributed by atoms with Crippen molar-refractivity contribution in [3.8, 4) is 0 Å². The van der Waals surface area contributed by atoms with Crippen LogP contribution in [0.3, 0.4) is 0 Å². The number of ether oxygens (including phenoxy) is 1. The summed E-state index contributed by atoms with van der Waals surface area (Å²) in [5, 5.41) is 10.6. The van der Waals surface area contributed by atoms with Crippen LogP contribution >= 0.6 is 0 Å². The van der Waals surface area contributed by atoms with Gasteiger partial charge in [0, 0.05) is 12.1 Å². The predicted molar refractivity (Wildman–Crippen MR) is 62.8 cm³/mol. The van der Waals surface area contributed by atoms with Gasteiger partial charge in [0.2, 0.25) is 0 Å². The molecule has 1 atom stereocenters. The molecule has 0 spiro atoms. The van der Waals surface area contributed by atoms with Gasteiger partial charge in [0.15, 0.2) is 0 Å². The highest BCUT2D eigenvalue weighted by Crippen LogP contribution is 2.21. The lowest BCUT2D eigenvalue weighted by molar-refractivity contribution is -0.384. The van der Waals surface area contributed by atoms with E-state index in [0.29, 0.717) is 12.2 Å². The smallest absolute Gasteiger partial charge is 0.313 e. The van der Waals surface area contributed by atoms with Gasteiger partial charge in [0.25, 0.3) is 5.69 Å². The van der Waals surface area contributed by atoms with Crippen molar-refractivity contribution in [2.75, 3.05) is 6.61 Å². The van der Waals surface area contributed by atoms with Crippen molar-refractivity contribution >= 4 is 11.7 Å². The zero-order valence-electron chi connectivity index (χ0n) is 9.88. The Bertz CT molecular complexity index is 417. The molecule has 92 valence electrons. The fraction of sp³-hybridized carbons (Fsp3) is 0.417. The molecule has 0 bridgehead atoms. The lowest BCUT2D eigenvalue weighted by Gasteiger charge is -2.10. The summed E-state index contributed by atoms with van der Waals surface area (Å²) in [7, 11) is 0. The van der Waals surface area contributed by atoms with E-state index in [0.717, 1.165) is 6.42 Å². The molecule has 0 saturated carbocycles. The van der Waals surface area contributed by atoms with Crippen LogP contribution in [0, 0.1) is 10.1 Å². The molecule has 5 nitrogen and oxygen atoms in total. The predicted octanol–water partition coefficient (Wildman–Crippen LogP) is 2.65. The molecule has 1 unspecified atom stereocenters. The summed E-state index contributed by atoms with van der Waals surface area (Å²) in [6.07, 6.45) is 0.757. The molecule has 0 amide bonds. The van der Waals surface area contributed by atoms with Crippen LogP contribution in [0.4, 0.5) is 5.69 Å². The van der Waals surface area contributed by atoms with Crippen LogP contribution in [0.5, 0.6) is 0 Å². The molecule has 0 aliphatic rings. The highest BCUT2D eigenvalue weighted by molar-refractivity contribution is 5.77. The Balaban J connectivity index is 2.81. The highest BCUT2D eigenvalue weighted by Gasteiger charge is 2.18. The molecule has 0 heterocycles. The van der Waals surface area contributed by atoms with Crippen molar-refractivity contribution in [3.63, 3.8) is 0 Å². The van der Waals surface area contributed by atoms with Gasteiger partial charge in [0.05, 0.1) is 17.4 Å². The third kappa shape index (κ3) is 3.55. The number of benzene rings is 1. The SMILES string of the molecule is CCCOC(=O)C(C)c1cccc([N+](=O)[O-])c1. The van der Waals surface area contributed by atoms with Crippen LogP contribution in [-0.4, -0.2) is 17.5 Å². The number of esters is 1. The second-order valence-corrected chi connectivity index (χ2v) is 3.74. The number of carbonyl (C=O) groups excluding carboxylic acids is 1. The van der Waals surface area contributed by atoms with Gasteiger partial charge in [-0.05, 0) is 18.9 Å². The fourth-order valence-corrected chi connectivity index (χ4v) is 1.37. The number of rotatable bonds is 5. The molecule has 5 heteroatoms. The van der Waals surface area contributed by atoms with E-state index in [1.807, 2.05) is 6.92 Å². The maximum atomic E-state index is 11.6. The first-order valence-electron chi connectivity index (χ1n) is 5.47. The van der Waals surface area contributed by atoms with Crippen LogP contribution in [-0.2, 0) is 9.53 Å². The second-order valence-electron chi connectivity index (χ2n) is 3.74. The molecule has 0 radical (unpaired) electrons. The van der Waals surface area contributed by atoms with Gasteiger partial charge < -0.3 is 4.74 Å². The lowest BCUT2D eigenvalue weighted by atomic mass is 10.0. The van der Waals surface area contributed by atoms with Crippen molar-refractivity contribution in [3.05, 3.63) is 39.9 Å². The van der Waals surface area contributed by atoms with Crippen LogP contribution in [0.25, 0.3) is 0 Å². The molecule has 0 aromatic heterocycles. The third-order valence-corrected chi connectivity index (χ3v) is 2.38. The third-order valence-electron chi connectivity index (χ3n) is 2.38. The average Bonchev–Trinajstić information content (AvgIpc) is 2.35. The van der Waals surface area contributed by atoms with Crippen molar-refractivity contribution in [1.82, 2.24) is 0 Å². The van der Waals surface area contributed by atoms with E-state index >= 15 is 0 Å². The molecule has 0 aliphatic carbocycles. The number of hydrogen-bond donors (Lipinski definition) is 0. The minimum absolute atomic E-state index is 0.0161. The molecular formula is C12H15NO4. The summed E-state index contributed by atoms with van der Waals surface area (Å²) in [6.45, 7) is 3.96. The summed E-state index contributed by atoms with van der Waals surface area (Å²) in [6, 6.07) is 6.05. The molecule has 0 aliphatic heterocycles. The van der Waals surface area contributed by atoms with Gasteiger partial charge in [-0.15, -0.1) is 0 Å². The van der Waals surface area contributed by atoms with Crippen molar-refractivity contribution in [2.45, 2.75) is 26.2 Å². The van der Waals surface area contributed by atoms with Gasteiger partial charge >= 0.3 is 5.97 Å². The average molecular weight is 237 g/mol. The van der Waals surface area contributed by atoms with E-state index in [4.69, 9.17) is 4.74 Å². The van der Waals surface area contributed by atoms with E-state index in [1.54, 1.807) is 19.1 Å². The summed E-state index contributed by atoms with van der Waals surface area (Å²) in [5.74, 6) is -0.839. The minimum Gasteiger partial charge on any atom is -0.465 e. The first-order valence-corrected chi connectivity index (χ1v) is 5.47. The Hall–Kier alpha value is -1.91. The summed E-state index contributed by atoms with van der Waals surface area (Å²) in [5.41, 5.74) is 0.581. The summed E-state index contributed by atoms with van der Waals surface area (Å²) in [4.78, 5) is 21.7. The molecule has 0 N–H and O–H groups in total. The van der Waals surface area contributed by atoms with Crippen LogP contribution in [0.2, 0.25) is 0 Å². The number of carbonyl (C=O) groups is 1. The first kappa shape index (κ1) is 13.2. The van der Waals surface area contributed by atoms with E-state index < -0.39 is 10.8 Å². The fourth-order valence-electron chi connectivity index (χ4n) is 1.37. The number of nitro groups is 1. The Labute approximate surface area is 99.5 Å². The van der Waals surface area contributed by atoms with Gasteiger partial charge in [-0.1, -0.05) is 19.1 Å². The molecule has 1 rings (SSSR count). The molecule has 1 aromatic rings. The van der Waals surface area contributed by atoms with Crippen LogP contribution < -0.4 is 0 Å². The topological polar surface area (TPSA) is 69.4 Å². The highest BCUT2D eigenvalue weighted by atomic mass is 16.6. The number of nitrogens with zero attached hydrogens (tertiary/aromatic N) is 1. The monoisotopic (exact) mass is 237 g/mol. The van der Waals surface area contributed by atoms with Gasteiger partial charge in [-0.2, -0.15) is 0 Å². The van der Waals surface area contributed by atoms with Crippen molar-refractivity contribution < 1.29 is 14.5 Å². The zero-order chi connectivity index (χ0) is 12.8. The maximum Gasteiger partial charge on any atom is 0.313 e. The molecule has 0 saturated heterocycles. The van der Waals surface area contributed by atoms with Gasteiger partial charge in [-0.25, -0.2) is 0 Å². The summed E-state index contributed by atoms with van der Waals surface area (Å²) < 4.78 is 5.00. The van der Waals surface area contributed by atoms with E-state index in [-0.39, 0.29) is 11.7 Å². The van der Waals surface area contributed by atoms with E-state index in [2.05, 4.69) is 0 Å². The lowest BCUT2D eigenvalue weighted by Crippen LogP contribution is -2.13. The van der Waals surface area contributed by atoms with Crippen molar-refractivity contribution in [1.29, 1.82) is 0 Å². The number of non-ortho nitro benzene ring substituents is 1. The van der Waals surface area contributed by atoms with Gasteiger partial charge in [-0.3, -0.25) is 14.9 Å². The van der Waals surface area contributed by atoms with Crippen LogP contribution in [0.15, 0.2) is 24.3 Å². The largest absolute Gasteiger partial charge is 0.465 e. The Morgan fingerprint density at radius 2 is 2.24 bits per heavy atom. The maximum absolute atomic E-state index is 11.6. The molecule has 17 heavy (non-hydrogen) atoms. The van der Waals surface area contributed by atoms with Crippen LogP contribution in [0.1, 0.15) is 31.7 Å². The molecule has 1 aromatic carbocycles. The minimum atomic E-state index is -0.485. The quantitative estimate of drug-likeness (QED) is 0.448. The normalized spacial score (nSPS) is 11.9. The zero-order valence-corrected chi connectivity index (χ0v) is 9.88. The number of hydrogen-bond acceptors (Lipinski definition) is 4. The molecular weight excluding hydrogens is 222 g/mol. The first-order chi connectivity index (χ1) is 8.06. The Morgan fingerprint density at radius 3 is 2.82 bits per heavy atom. The van der Waals surface area contributed by atoms with Crippen molar-refractivity contribution in [2.24, 2.45) is 0 Å². The van der Waals surface area contributed by atoms with Gasteiger partial charge in [0.1, 0.15) is 0 Å². The standard InChI is InChI=1S/C12H15NO4/c1-3-7-17-12(14)9(2)10-5-4-6-11(8-10)13(15)16/h4-6,8-9H,3,7H2,1-2H3. The van der Waals surface area contributed by atoms with E-state index in [1.165, 1.54) is 12.1 Å². The number of nitro benzene ring substituents is 1. The second kappa shape index (κ2) is 5.98. The summed E-state index contributed by atoms with van der Waals surface area (Å²) >= 11 is 0. The Kier molecular flexibility index (Phi) is 4.63.